The topological polar surface area (TPSA) is 85.1 Å². The summed E-state index contributed by atoms with van der Waals surface area (Å²) in [6.07, 6.45) is 0. The minimum absolute atomic E-state index is 0.129. The number of pyridine rings is 1. The maximum Gasteiger partial charge on any atom is 0.266 e. The van der Waals surface area contributed by atoms with E-state index in [9.17, 15) is 12.8 Å². The molecule has 7 heteroatoms. The molecule has 106 valence electrons. The van der Waals surface area contributed by atoms with Crippen molar-refractivity contribution in [2.45, 2.75) is 18.7 Å². The largest absolute Gasteiger partial charge is 0.399 e. The molecule has 2 rings (SSSR count). The van der Waals surface area contributed by atoms with E-state index in [4.69, 9.17) is 5.73 Å². The number of nitrogens with two attached hydrogens (primary N) is 1. The molecule has 0 saturated heterocycles. The van der Waals surface area contributed by atoms with Crippen molar-refractivity contribution in [1.29, 1.82) is 0 Å². The van der Waals surface area contributed by atoms with Crippen molar-refractivity contribution in [1.82, 2.24) is 4.98 Å². The standard InChI is InChI=1S/C13H14FN3O2S/c1-8-6-10(15)7-11(13(8)14)20(18,19)17-12-5-3-4-9(2)16-12/h3-7H,15H2,1-2H3,(H,16,17). The molecule has 0 radical (unpaired) electrons. The van der Waals surface area contributed by atoms with E-state index in [0.29, 0.717) is 5.69 Å². The van der Waals surface area contributed by atoms with Crippen molar-refractivity contribution in [2.75, 3.05) is 10.5 Å². The van der Waals surface area contributed by atoms with E-state index in [2.05, 4.69) is 9.71 Å². The summed E-state index contributed by atoms with van der Waals surface area (Å²) in [6, 6.07) is 7.32. The molecule has 0 saturated carbocycles. The van der Waals surface area contributed by atoms with Crippen molar-refractivity contribution in [3.8, 4) is 0 Å². The number of nitrogens with zero attached hydrogens (tertiary/aromatic N) is 1. The average Bonchev–Trinajstić information content (AvgIpc) is 2.33. The van der Waals surface area contributed by atoms with E-state index in [1.807, 2.05) is 0 Å². The molecular weight excluding hydrogens is 281 g/mol. The molecule has 0 spiro atoms. The highest BCUT2D eigenvalue weighted by molar-refractivity contribution is 7.92. The average molecular weight is 295 g/mol. The molecule has 0 unspecified atom stereocenters. The van der Waals surface area contributed by atoms with Crippen LogP contribution >= 0.6 is 0 Å². The lowest BCUT2D eigenvalue weighted by Crippen LogP contribution is -2.16. The number of rotatable bonds is 3. The number of nitrogen functional groups attached to an aromatic ring is 1. The fourth-order valence-corrected chi connectivity index (χ4v) is 2.94. The number of nitrogens with one attached hydrogen (secondary N) is 1. The van der Waals surface area contributed by atoms with E-state index in [-0.39, 0.29) is 17.1 Å². The third kappa shape index (κ3) is 2.88. The van der Waals surface area contributed by atoms with Crippen LogP contribution in [0.3, 0.4) is 0 Å². The zero-order valence-corrected chi connectivity index (χ0v) is 11.8. The van der Waals surface area contributed by atoms with Gasteiger partial charge in [-0.05, 0) is 43.7 Å². The van der Waals surface area contributed by atoms with Crippen LogP contribution in [0.5, 0.6) is 0 Å². The fourth-order valence-electron chi connectivity index (χ4n) is 1.75. The van der Waals surface area contributed by atoms with Crippen molar-refractivity contribution in [2.24, 2.45) is 0 Å². The van der Waals surface area contributed by atoms with Crippen molar-refractivity contribution in [3.05, 3.63) is 47.4 Å². The Kier molecular flexibility index (Phi) is 3.63. The van der Waals surface area contributed by atoms with Gasteiger partial charge in [-0.1, -0.05) is 6.07 Å². The predicted octanol–water partition coefficient (Wildman–Crippen LogP) is 2.22. The first-order valence-electron chi connectivity index (χ1n) is 5.82. The molecule has 3 N–H and O–H groups in total. The predicted molar refractivity (Wildman–Crippen MR) is 75.3 cm³/mol. The highest BCUT2D eigenvalue weighted by Gasteiger charge is 2.21. The number of hydrogen-bond donors (Lipinski definition) is 2. The first kappa shape index (κ1) is 14.3. The SMILES string of the molecule is Cc1cccc(NS(=O)(=O)c2cc(N)cc(C)c2F)n1. The molecule has 0 amide bonds. The minimum atomic E-state index is -4.07. The Bertz CT molecular complexity index is 760. The first-order valence-corrected chi connectivity index (χ1v) is 7.30. The highest BCUT2D eigenvalue weighted by Crippen LogP contribution is 2.23. The monoisotopic (exact) mass is 295 g/mol. The molecule has 0 aliphatic rings. The van der Waals surface area contributed by atoms with E-state index < -0.39 is 20.7 Å². The van der Waals surface area contributed by atoms with Gasteiger partial charge in [0, 0.05) is 11.4 Å². The lowest BCUT2D eigenvalue weighted by atomic mass is 10.2. The van der Waals surface area contributed by atoms with Gasteiger partial charge in [-0.25, -0.2) is 17.8 Å². The second-order valence-electron chi connectivity index (χ2n) is 4.42. The van der Waals surface area contributed by atoms with Gasteiger partial charge in [-0.2, -0.15) is 0 Å². The van der Waals surface area contributed by atoms with Crippen LogP contribution in [0, 0.1) is 19.7 Å². The summed E-state index contributed by atoms with van der Waals surface area (Å²) in [5.41, 5.74) is 6.57. The van der Waals surface area contributed by atoms with Gasteiger partial charge in [0.15, 0.2) is 0 Å². The number of aromatic nitrogens is 1. The second-order valence-corrected chi connectivity index (χ2v) is 6.07. The van der Waals surface area contributed by atoms with Gasteiger partial charge >= 0.3 is 0 Å². The summed E-state index contributed by atoms with van der Waals surface area (Å²) in [5.74, 6) is -0.691. The van der Waals surface area contributed by atoms with Crippen LogP contribution in [0.25, 0.3) is 0 Å². The van der Waals surface area contributed by atoms with E-state index in [1.54, 1.807) is 19.1 Å². The summed E-state index contributed by atoms with van der Waals surface area (Å²) < 4.78 is 40.6. The molecule has 1 aromatic carbocycles. The maximum absolute atomic E-state index is 14.0. The fraction of sp³-hybridized carbons (Fsp3) is 0.154. The molecule has 2 aromatic rings. The zero-order valence-electron chi connectivity index (χ0n) is 11.0. The Balaban J connectivity index is 2.46. The third-order valence-corrected chi connectivity index (χ3v) is 4.01. The third-order valence-electron chi connectivity index (χ3n) is 2.66. The van der Waals surface area contributed by atoms with Gasteiger partial charge in [0.25, 0.3) is 10.0 Å². The normalized spacial score (nSPS) is 11.3. The Morgan fingerprint density at radius 3 is 2.60 bits per heavy atom. The van der Waals surface area contributed by atoms with Gasteiger partial charge in [-0.3, -0.25) is 4.72 Å². The van der Waals surface area contributed by atoms with Crippen LogP contribution in [0.2, 0.25) is 0 Å². The number of sulfonamides is 1. The Morgan fingerprint density at radius 1 is 1.25 bits per heavy atom. The summed E-state index contributed by atoms with van der Waals surface area (Å²) in [7, 11) is -4.07. The van der Waals surface area contributed by atoms with Gasteiger partial charge in [0.05, 0.1) is 0 Å². The van der Waals surface area contributed by atoms with Gasteiger partial charge in [-0.15, -0.1) is 0 Å². The van der Waals surface area contributed by atoms with E-state index >= 15 is 0 Å². The zero-order chi connectivity index (χ0) is 14.9. The summed E-state index contributed by atoms with van der Waals surface area (Å²) in [4.78, 5) is 3.53. The molecule has 1 aromatic heterocycles. The van der Waals surface area contributed by atoms with Gasteiger partial charge in [0.2, 0.25) is 0 Å². The molecule has 0 aliphatic heterocycles. The number of hydrogen-bond acceptors (Lipinski definition) is 4. The lowest BCUT2D eigenvalue weighted by molar-refractivity contribution is 0.565. The van der Waals surface area contributed by atoms with Crippen molar-refractivity contribution >= 4 is 21.5 Å². The quantitative estimate of drug-likeness (QED) is 0.850. The van der Waals surface area contributed by atoms with E-state index in [0.717, 1.165) is 6.07 Å². The maximum atomic E-state index is 14.0. The summed E-state index contributed by atoms with van der Waals surface area (Å²) in [5, 5.41) is 0. The number of anilines is 2. The van der Waals surface area contributed by atoms with Crippen LogP contribution in [-0.2, 0) is 10.0 Å². The Morgan fingerprint density at radius 2 is 1.95 bits per heavy atom. The van der Waals surface area contributed by atoms with Gasteiger partial charge in [0.1, 0.15) is 16.5 Å². The first-order chi connectivity index (χ1) is 9.29. The van der Waals surface area contributed by atoms with E-state index in [1.165, 1.54) is 19.1 Å². The summed E-state index contributed by atoms with van der Waals surface area (Å²) >= 11 is 0. The summed E-state index contributed by atoms with van der Waals surface area (Å²) in [6.45, 7) is 3.18. The van der Waals surface area contributed by atoms with Gasteiger partial charge < -0.3 is 5.73 Å². The molecule has 20 heavy (non-hydrogen) atoms. The van der Waals surface area contributed by atoms with Crippen molar-refractivity contribution < 1.29 is 12.8 Å². The smallest absolute Gasteiger partial charge is 0.266 e. The Hall–Kier alpha value is -2.15. The number of benzene rings is 1. The van der Waals surface area contributed by atoms with Crippen LogP contribution in [0.15, 0.2) is 35.2 Å². The molecule has 1 heterocycles. The van der Waals surface area contributed by atoms with Crippen LogP contribution in [0.1, 0.15) is 11.3 Å². The molecule has 0 aliphatic carbocycles. The lowest BCUT2D eigenvalue weighted by Gasteiger charge is -2.10. The molecular formula is C13H14FN3O2S. The van der Waals surface area contributed by atoms with Crippen LogP contribution in [0.4, 0.5) is 15.9 Å². The van der Waals surface area contributed by atoms with Crippen LogP contribution in [-0.4, -0.2) is 13.4 Å². The van der Waals surface area contributed by atoms with Crippen LogP contribution < -0.4 is 10.5 Å². The Labute approximate surface area is 116 Å². The molecule has 0 atom stereocenters. The molecule has 0 fully saturated rings. The number of aryl methyl sites for hydroxylation is 2. The highest BCUT2D eigenvalue weighted by atomic mass is 32.2. The van der Waals surface area contributed by atoms with Crippen molar-refractivity contribution in [3.63, 3.8) is 0 Å². The minimum Gasteiger partial charge on any atom is -0.399 e. The molecule has 0 bridgehead atoms. The second kappa shape index (κ2) is 5.09. The number of halogens is 1. The molecule has 5 nitrogen and oxygen atoms in total.